The highest BCUT2D eigenvalue weighted by molar-refractivity contribution is 8.22. The number of hydrogen-bond donors (Lipinski definition) is 0. The summed E-state index contributed by atoms with van der Waals surface area (Å²) in [6.07, 6.45) is 2.55. The van der Waals surface area contributed by atoms with Gasteiger partial charge in [0.1, 0.15) is 11.9 Å². The van der Waals surface area contributed by atoms with E-state index in [4.69, 9.17) is 17.0 Å². The SMILES string of the molecule is CSC(=S)OC1CC(C)(C)C(=O)C1(C)C. The van der Waals surface area contributed by atoms with Gasteiger partial charge in [-0.15, -0.1) is 0 Å². The van der Waals surface area contributed by atoms with E-state index in [1.807, 2.05) is 34.0 Å². The van der Waals surface area contributed by atoms with Gasteiger partial charge >= 0.3 is 0 Å². The normalized spacial score (nSPS) is 27.8. The lowest BCUT2D eigenvalue weighted by molar-refractivity contribution is -0.132. The molecule has 0 amide bonds. The highest BCUT2D eigenvalue weighted by Crippen LogP contribution is 2.47. The minimum absolute atomic E-state index is 0.0834. The van der Waals surface area contributed by atoms with E-state index >= 15 is 0 Å². The zero-order valence-electron chi connectivity index (χ0n) is 9.92. The van der Waals surface area contributed by atoms with Crippen molar-refractivity contribution in [3.63, 3.8) is 0 Å². The Hall–Kier alpha value is -0.0900. The summed E-state index contributed by atoms with van der Waals surface area (Å²) in [6, 6.07) is 0. The lowest BCUT2D eigenvalue weighted by Crippen LogP contribution is -2.33. The molecule has 0 saturated heterocycles. The maximum Gasteiger partial charge on any atom is 0.219 e. The van der Waals surface area contributed by atoms with Gasteiger partial charge in [0.2, 0.25) is 4.38 Å². The zero-order valence-corrected chi connectivity index (χ0v) is 11.6. The molecule has 1 unspecified atom stereocenters. The van der Waals surface area contributed by atoms with Gasteiger partial charge in [0.25, 0.3) is 0 Å². The fourth-order valence-electron chi connectivity index (χ4n) is 2.18. The largest absolute Gasteiger partial charge is 0.474 e. The molecule has 15 heavy (non-hydrogen) atoms. The van der Waals surface area contributed by atoms with E-state index in [0.29, 0.717) is 4.38 Å². The second-order valence-corrected chi connectivity index (χ2v) is 6.61. The summed E-state index contributed by atoms with van der Waals surface area (Å²) >= 11 is 6.45. The van der Waals surface area contributed by atoms with Crippen molar-refractivity contribution < 1.29 is 9.53 Å². The summed E-state index contributed by atoms with van der Waals surface area (Å²) in [4.78, 5) is 12.1. The van der Waals surface area contributed by atoms with Crippen LogP contribution in [0.2, 0.25) is 0 Å². The Balaban J connectivity index is 2.85. The van der Waals surface area contributed by atoms with Crippen LogP contribution in [0.25, 0.3) is 0 Å². The average molecular weight is 246 g/mol. The standard InChI is InChI=1S/C11H18O2S2/c1-10(2)6-7(13-9(14)15-5)11(3,4)8(10)12/h7H,6H2,1-5H3. The van der Waals surface area contributed by atoms with E-state index in [9.17, 15) is 4.79 Å². The van der Waals surface area contributed by atoms with Crippen molar-refractivity contribution >= 4 is 34.1 Å². The summed E-state index contributed by atoms with van der Waals surface area (Å²) in [7, 11) is 0. The number of thioether (sulfide) groups is 1. The van der Waals surface area contributed by atoms with Crippen LogP contribution in [0.15, 0.2) is 0 Å². The molecule has 1 aliphatic rings. The summed E-state index contributed by atoms with van der Waals surface area (Å²) < 4.78 is 6.18. The Labute approximate surface area is 101 Å². The first kappa shape index (κ1) is 13.0. The van der Waals surface area contributed by atoms with Gasteiger partial charge in [0.05, 0.1) is 5.41 Å². The zero-order chi connectivity index (χ0) is 11.9. The average Bonchev–Trinajstić information content (AvgIpc) is 2.27. The van der Waals surface area contributed by atoms with Crippen LogP contribution in [0.1, 0.15) is 34.1 Å². The van der Waals surface area contributed by atoms with Crippen molar-refractivity contribution in [2.75, 3.05) is 6.26 Å². The molecule has 1 rings (SSSR count). The van der Waals surface area contributed by atoms with Crippen LogP contribution in [-0.2, 0) is 9.53 Å². The first-order chi connectivity index (χ1) is 6.71. The van der Waals surface area contributed by atoms with Crippen molar-refractivity contribution in [1.29, 1.82) is 0 Å². The molecule has 0 aromatic carbocycles. The van der Waals surface area contributed by atoms with Crippen LogP contribution < -0.4 is 0 Å². The van der Waals surface area contributed by atoms with Gasteiger partial charge in [-0.05, 0) is 38.7 Å². The van der Waals surface area contributed by atoms with Crippen LogP contribution in [0.5, 0.6) is 0 Å². The number of Topliss-reactive ketones (excluding diaryl/α,β-unsaturated/α-hetero) is 1. The maximum absolute atomic E-state index is 12.1. The van der Waals surface area contributed by atoms with E-state index in [-0.39, 0.29) is 17.3 Å². The van der Waals surface area contributed by atoms with Gasteiger partial charge in [0, 0.05) is 5.41 Å². The van der Waals surface area contributed by atoms with E-state index in [0.717, 1.165) is 6.42 Å². The molecule has 2 nitrogen and oxygen atoms in total. The number of ether oxygens (including phenoxy) is 1. The van der Waals surface area contributed by atoms with Crippen LogP contribution in [-0.4, -0.2) is 22.5 Å². The Kier molecular flexibility index (Phi) is 3.51. The lowest BCUT2D eigenvalue weighted by Gasteiger charge is -2.25. The fraction of sp³-hybridized carbons (Fsp3) is 0.818. The van der Waals surface area contributed by atoms with Gasteiger partial charge in [-0.25, -0.2) is 0 Å². The molecule has 0 heterocycles. The van der Waals surface area contributed by atoms with E-state index in [1.54, 1.807) is 0 Å². The molecule has 4 heteroatoms. The first-order valence-corrected chi connectivity index (χ1v) is 6.64. The van der Waals surface area contributed by atoms with E-state index in [1.165, 1.54) is 11.8 Å². The van der Waals surface area contributed by atoms with Crippen molar-refractivity contribution in [2.24, 2.45) is 10.8 Å². The third-order valence-corrected chi connectivity index (χ3v) is 4.13. The third kappa shape index (κ3) is 2.36. The van der Waals surface area contributed by atoms with Gasteiger partial charge in [0.15, 0.2) is 0 Å². The molecule has 0 aliphatic heterocycles. The molecule has 0 radical (unpaired) electrons. The van der Waals surface area contributed by atoms with Gasteiger partial charge in [-0.1, -0.05) is 25.6 Å². The topological polar surface area (TPSA) is 26.3 Å². The van der Waals surface area contributed by atoms with Crippen molar-refractivity contribution in [1.82, 2.24) is 0 Å². The van der Waals surface area contributed by atoms with Crippen LogP contribution in [0.4, 0.5) is 0 Å². The highest BCUT2D eigenvalue weighted by Gasteiger charge is 2.54. The molecule has 86 valence electrons. The Morgan fingerprint density at radius 1 is 1.47 bits per heavy atom. The number of ketones is 1. The van der Waals surface area contributed by atoms with E-state index < -0.39 is 5.41 Å². The predicted octanol–water partition coefficient (Wildman–Crippen LogP) is 3.04. The number of carbonyl (C=O) groups is 1. The van der Waals surface area contributed by atoms with Crippen LogP contribution in [0.3, 0.4) is 0 Å². The minimum Gasteiger partial charge on any atom is -0.474 e. The summed E-state index contributed by atoms with van der Waals surface area (Å²) in [6.45, 7) is 7.83. The number of hydrogen-bond acceptors (Lipinski definition) is 4. The fourth-order valence-corrected chi connectivity index (χ4v) is 2.51. The Bertz CT molecular complexity index is 295. The smallest absolute Gasteiger partial charge is 0.219 e. The molecule has 0 N–H and O–H groups in total. The molecule has 1 aliphatic carbocycles. The van der Waals surface area contributed by atoms with Crippen molar-refractivity contribution in [3.05, 3.63) is 0 Å². The van der Waals surface area contributed by atoms with Gasteiger partial charge < -0.3 is 4.74 Å². The van der Waals surface area contributed by atoms with Crippen LogP contribution in [0, 0.1) is 10.8 Å². The summed E-state index contributed by atoms with van der Waals surface area (Å²) in [5.74, 6) is 0.268. The quantitative estimate of drug-likeness (QED) is 0.664. The Morgan fingerprint density at radius 3 is 2.33 bits per heavy atom. The molecule has 1 fully saturated rings. The predicted molar refractivity (Wildman–Crippen MR) is 68.2 cm³/mol. The molecule has 0 bridgehead atoms. The third-order valence-electron chi connectivity index (χ3n) is 3.11. The van der Waals surface area contributed by atoms with E-state index in [2.05, 4.69) is 0 Å². The Morgan fingerprint density at radius 2 is 2.00 bits per heavy atom. The molecule has 0 aromatic heterocycles. The lowest BCUT2D eigenvalue weighted by atomic mass is 9.82. The van der Waals surface area contributed by atoms with Crippen molar-refractivity contribution in [3.8, 4) is 0 Å². The summed E-state index contributed by atoms with van der Waals surface area (Å²) in [5, 5.41) is 0. The molecule has 0 spiro atoms. The maximum atomic E-state index is 12.1. The molecule has 1 saturated carbocycles. The second-order valence-electron chi connectivity index (χ2n) is 5.20. The minimum atomic E-state index is -0.427. The molecule has 0 aromatic rings. The van der Waals surface area contributed by atoms with Crippen LogP contribution >= 0.6 is 24.0 Å². The second kappa shape index (κ2) is 4.06. The number of rotatable bonds is 1. The number of thiocarbonyl (C=S) groups is 1. The molecular formula is C11H18O2S2. The van der Waals surface area contributed by atoms with Gasteiger partial charge in [-0.2, -0.15) is 0 Å². The monoisotopic (exact) mass is 246 g/mol. The first-order valence-electron chi connectivity index (χ1n) is 5.01. The number of carbonyl (C=O) groups excluding carboxylic acids is 1. The highest BCUT2D eigenvalue weighted by atomic mass is 32.2. The van der Waals surface area contributed by atoms with Gasteiger partial charge in [-0.3, -0.25) is 4.79 Å². The summed E-state index contributed by atoms with van der Waals surface area (Å²) in [5.41, 5.74) is -0.717. The molecular weight excluding hydrogens is 228 g/mol. The van der Waals surface area contributed by atoms with Crippen molar-refractivity contribution in [2.45, 2.75) is 40.2 Å². The molecule has 1 atom stereocenters.